The van der Waals surface area contributed by atoms with Crippen molar-refractivity contribution in [2.24, 2.45) is 11.8 Å². The Balaban J connectivity index is 1.44. The smallest absolute Gasteiger partial charge is 0.331 e. The molecule has 0 aromatic rings. The lowest BCUT2D eigenvalue weighted by Gasteiger charge is -2.02. The van der Waals surface area contributed by atoms with Gasteiger partial charge < -0.3 is 9.47 Å². The molecule has 0 bridgehead atoms. The molecule has 112 valence electrons. The number of hydrogen-bond acceptors (Lipinski definition) is 4. The van der Waals surface area contributed by atoms with Crippen LogP contribution in [0.2, 0.25) is 0 Å². The van der Waals surface area contributed by atoms with E-state index in [1.165, 1.54) is 25.7 Å². The molecule has 0 aromatic heterocycles. The fourth-order valence-corrected chi connectivity index (χ4v) is 2.13. The van der Waals surface area contributed by atoms with Gasteiger partial charge in [0, 0.05) is 12.2 Å². The van der Waals surface area contributed by atoms with Gasteiger partial charge in [-0.15, -0.1) is 0 Å². The van der Waals surface area contributed by atoms with Gasteiger partial charge in [-0.05, 0) is 37.5 Å². The molecule has 2 saturated carbocycles. The summed E-state index contributed by atoms with van der Waals surface area (Å²) >= 11 is 0. The molecule has 4 heteroatoms. The van der Waals surface area contributed by atoms with Crippen LogP contribution in [0.25, 0.3) is 0 Å². The van der Waals surface area contributed by atoms with Crippen LogP contribution < -0.4 is 0 Å². The summed E-state index contributed by atoms with van der Waals surface area (Å²) in [7, 11) is 0. The minimum Gasteiger partial charge on any atom is -0.463 e. The average molecular weight is 280 g/mol. The normalized spacial score (nSPS) is 18.2. The van der Waals surface area contributed by atoms with Crippen molar-refractivity contribution in [1.82, 2.24) is 0 Å². The summed E-state index contributed by atoms with van der Waals surface area (Å²) in [6.45, 7) is 0.881. The molecule has 0 heterocycles. The van der Waals surface area contributed by atoms with Crippen molar-refractivity contribution in [3.8, 4) is 0 Å². The highest BCUT2D eigenvalue weighted by Gasteiger charge is 2.20. The third kappa shape index (κ3) is 7.31. The molecule has 2 rings (SSSR count). The third-order valence-electron chi connectivity index (χ3n) is 3.75. The maximum atomic E-state index is 11.3. The molecule has 0 spiro atoms. The van der Waals surface area contributed by atoms with E-state index in [1.54, 1.807) is 0 Å². The van der Waals surface area contributed by atoms with Crippen LogP contribution in [-0.4, -0.2) is 25.2 Å². The predicted molar refractivity (Wildman–Crippen MR) is 75.0 cm³/mol. The molecule has 2 aliphatic carbocycles. The highest BCUT2D eigenvalue weighted by Crippen LogP contribution is 2.33. The maximum absolute atomic E-state index is 11.3. The highest BCUT2D eigenvalue weighted by molar-refractivity contribution is 5.91. The van der Waals surface area contributed by atoms with Crippen LogP contribution in [-0.2, 0) is 19.1 Å². The van der Waals surface area contributed by atoms with Gasteiger partial charge in [0.2, 0.25) is 0 Å². The minimum absolute atomic E-state index is 0.441. The second-order valence-electron chi connectivity index (χ2n) is 5.84. The van der Waals surface area contributed by atoms with Gasteiger partial charge in [0.25, 0.3) is 0 Å². The predicted octanol–water partition coefficient (Wildman–Crippen LogP) is 3.01. The van der Waals surface area contributed by atoms with Crippen molar-refractivity contribution in [1.29, 1.82) is 0 Å². The number of hydrogen-bond donors (Lipinski definition) is 0. The largest absolute Gasteiger partial charge is 0.463 e. The maximum Gasteiger partial charge on any atom is 0.331 e. The number of esters is 2. The summed E-state index contributed by atoms with van der Waals surface area (Å²) in [6, 6.07) is 0. The van der Waals surface area contributed by atoms with E-state index in [9.17, 15) is 9.59 Å². The van der Waals surface area contributed by atoms with Crippen LogP contribution in [0.5, 0.6) is 0 Å². The van der Waals surface area contributed by atoms with Crippen LogP contribution >= 0.6 is 0 Å². The fraction of sp³-hybridized carbons (Fsp3) is 0.750. The van der Waals surface area contributed by atoms with Crippen molar-refractivity contribution in [2.75, 3.05) is 13.2 Å². The fourth-order valence-electron chi connectivity index (χ4n) is 2.13. The van der Waals surface area contributed by atoms with E-state index in [0.29, 0.717) is 13.2 Å². The van der Waals surface area contributed by atoms with E-state index in [2.05, 4.69) is 0 Å². The van der Waals surface area contributed by atoms with Gasteiger partial charge in [-0.3, -0.25) is 0 Å². The first-order valence-electron chi connectivity index (χ1n) is 7.75. The van der Waals surface area contributed by atoms with Gasteiger partial charge >= 0.3 is 11.9 Å². The Morgan fingerprint density at radius 2 is 1.20 bits per heavy atom. The molecule has 0 aliphatic heterocycles. The number of carbonyl (C=O) groups excluding carboxylic acids is 2. The van der Waals surface area contributed by atoms with Crippen molar-refractivity contribution < 1.29 is 19.1 Å². The summed E-state index contributed by atoms with van der Waals surface area (Å²) in [5.41, 5.74) is 0. The molecular formula is C16H24O4. The van der Waals surface area contributed by atoms with E-state index in [-0.39, 0.29) is 0 Å². The number of rotatable bonds is 10. The van der Waals surface area contributed by atoms with E-state index < -0.39 is 11.9 Å². The standard InChI is InChI=1S/C16H24O4/c17-15(19-11-1-3-13-5-6-13)9-10-16(18)20-12-2-4-14-7-8-14/h9-10,13-14H,1-8,11-12H2. The van der Waals surface area contributed by atoms with Crippen molar-refractivity contribution in [3.63, 3.8) is 0 Å². The second kappa shape index (κ2) is 8.08. The molecule has 4 nitrogen and oxygen atoms in total. The van der Waals surface area contributed by atoms with E-state index in [0.717, 1.165) is 49.7 Å². The Labute approximate surface area is 120 Å². The summed E-state index contributed by atoms with van der Waals surface area (Å²) in [6.07, 6.45) is 11.7. The minimum atomic E-state index is -0.462. The van der Waals surface area contributed by atoms with Crippen LogP contribution in [0.4, 0.5) is 0 Å². The molecule has 0 aromatic carbocycles. The second-order valence-corrected chi connectivity index (χ2v) is 5.84. The van der Waals surface area contributed by atoms with Crippen LogP contribution in [0.1, 0.15) is 51.4 Å². The summed E-state index contributed by atoms with van der Waals surface area (Å²) in [5, 5.41) is 0. The topological polar surface area (TPSA) is 52.6 Å². The first-order chi connectivity index (χ1) is 9.74. The zero-order valence-electron chi connectivity index (χ0n) is 12.0. The first-order valence-corrected chi connectivity index (χ1v) is 7.75. The molecule has 20 heavy (non-hydrogen) atoms. The first kappa shape index (κ1) is 15.1. The number of carbonyl (C=O) groups is 2. The Bertz CT molecular complexity index is 319. The zero-order chi connectivity index (χ0) is 14.2. The van der Waals surface area contributed by atoms with E-state index >= 15 is 0 Å². The van der Waals surface area contributed by atoms with Gasteiger partial charge in [0.15, 0.2) is 0 Å². The quantitative estimate of drug-likeness (QED) is 0.351. The van der Waals surface area contributed by atoms with Crippen LogP contribution in [0.15, 0.2) is 12.2 Å². The van der Waals surface area contributed by atoms with Gasteiger partial charge in [0.05, 0.1) is 13.2 Å². The zero-order valence-corrected chi connectivity index (χ0v) is 12.0. The molecule has 0 radical (unpaired) electrons. The monoisotopic (exact) mass is 280 g/mol. The SMILES string of the molecule is O=C(C=CC(=O)OCCCC1CC1)OCCCC1CC1. The summed E-state index contributed by atoms with van der Waals surface area (Å²) in [4.78, 5) is 22.6. The average Bonchev–Trinajstić information content (AvgIpc) is 3.31. The molecule has 0 N–H and O–H groups in total. The lowest BCUT2D eigenvalue weighted by molar-refractivity contribution is -0.140. The molecule has 2 fully saturated rings. The van der Waals surface area contributed by atoms with Gasteiger partial charge in [-0.2, -0.15) is 0 Å². The lowest BCUT2D eigenvalue weighted by atomic mass is 10.2. The Morgan fingerprint density at radius 1 is 0.800 bits per heavy atom. The van der Waals surface area contributed by atoms with Gasteiger partial charge in [0.1, 0.15) is 0 Å². The van der Waals surface area contributed by atoms with Crippen molar-refractivity contribution >= 4 is 11.9 Å². The lowest BCUT2D eigenvalue weighted by Crippen LogP contribution is -2.06. The van der Waals surface area contributed by atoms with Crippen molar-refractivity contribution in [2.45, 2.75) is 51.4 Å². The Kier molecular flexibility index (Phi) is 6.09. The van der Waals surface area contributed by atoms with Gasteiger partial charge in [-0.25, -0.2) is 9.59 Å². The highest BCUT2D eigenvalue weighted by atomic mass is 16.5. The number of ether oxygens (including phenoxy) is 2. The molecular weight excluding hydrogens is 256 g/mol. The Morgan fingerprint density at radius 3 is 1.55 bits per heavy atom. The summed E-state index contributed by atoms with van der Waals surface area (Å²) in [5.74, 6) is 0.788. The third-order valence-corrected chi connectivity index (χ3v) is 3.75. The molecule has 0 atom stereocenters. The van der Waals surface area contributed by atoms with E-state index in [4.69, 9.17) is 9.47 Å². The molecule has 0 amide bonds. The van der Waals surface area contributed by atoms with Crippen molar-refractivity contribution in [3.05, 3.63) is 12.2 Å². The van der Waals surface area contributed by atoms with Gasteiger partial charge in [-0.1, -0.05) is 25.7 Å². The molecule has 0 saturated heterocycles. The van der Waals surface area contributed by atoms with E-state index in [1.807, 2.05) is 0 Å². The Hall–Kier alpha value is -1.32. The molecule has 2 aliphatic rings. The van der Waals surface area contributed by atoms with Crippen LogP contribution in [0, 0.1) is 11.8 Å². The van der Waals surface area contributed by atoms with Crippen LogP contribution in [0.3, 0.4) is 0 Å². The molecule has 0 unspecified atom stereocenters. The summed E-state index contributed by atoms with van der Waals surface area (Å²) < 4.78 is 10.0.